The molecule has 1 aromatic rings. The summed E-state index contributed by atoms with van der Waals surface area (Å²) in [7, 11) is 0. The van der Waals surface area contributed by atoms with Crippen LogP contribution in [0.2, 0.25) is 0 Å². The zero-order valence-electron chi connectivity index (χ0n) is 12.9. The smallest absolute Gasteiger partial charge is 0.119 e. The van der Waals surface area contributed by atoms with Gasteiger partial charge in [-0.05, 0) is 31.5 Å². The van der Waals surface area contributed by atoms with Crippen LogP contribution < -0.4 is 16.0 Å². The van der Waals surface area contributed by atoms with Gasteiger partial charge < -0.3 is 14.2 Å². The van der Waals surface area contributed by atoms with Gasteiger partial charge in [0.25, 0.3) is 0 Å². The maximum absolute atomic E-state index is 6.11. The van der Waals surface area contributed by atoms with E-state index in [-0.39, 0.29) is 11.6 Å². The van der Waals surface area contributed by atoms with Crippen LogP contribution in [0, 0.1) is 0 Å². The average Bonchev–Trinajstić information content (AvgIpc) is 2.50. The maximum atomic E-state index is 6.11. The van der Waals surface area contributed by atoms with Gasteiger partial charge in [-0.25, -0.2) is 0 Å². The van der Waals surface area contributed by atoms with E-state index in [1.807, 2.05) is 32.0 Å². The largest absolute Gasteiger partial charge is 0.494 e. The van der Waals surface area contributed by atoms with Crippen LogP contribution in [0.25, 0.3) is 0 Å². The number of benzene rings is 1. The molecule has 1 aliphatic heterocycles. The molecule has 0 aromatic heterocycles. The van der Waals surface area contributed by atoms with Crippen LogP contribution in [-0.2, 0) is 9.47 Å². The molecule has 0 bridgehead atoms. The second-order valence-electron chi connectivity index (χ2n) is 5.22. The summed E-state index contributed by atoms with van der Waals surface area (Å²) >= 11 is 0. The number of hydrogen-bond donors (Lipinski definition) is 2. The molecule has 2 rings (SSSR count). The fourth-order valence-electron chi connectivity index (χ4n) is 3.02. The lowest BCUT2D eigenvalue weighted by molar-refractivity contribution is -0.128. The molecule has 118 valence electrons. The molecule has 0 aliphatic carbocycles. The number of hydrogen-bond acceptors (Lipinski definition) is 5. The first-order chi connectivity index (χ1) is 10.3. The summed E-state index contributed by atoms with van der Waals surface area (Å²) in [4.78, 5) is 0. The van der Waals surface area contributed by atoms with E-state index in [0.29, 0.717) is 26.4 Å². The third-order valence-electron chi connectivity index (χ3n) is 3.97. The van der Waals surface area contributed by atoms with Crippen LogP contribution in [-0.4, -0.2) is 32.0 Å². The monoisotopic (exact) mass is 294 g/mol. The van der Waals surface area contributed by atoms with Crippen molar-refractivity contribution < 1.29 is 14.2 Å². The lowest BCUT2D eigenvalue weighted by Crippen LogP contribution is -2.51. The van der Waals surface area contributed by atoms with Crippen molar-refractivity contribution >= 4 is 0 Å². The van der Waals surface area contributed by atoms with E-state index in [2.05, 4.69) is 11.5 Å². The molecular weight excluding hydrogens is 268 g/mol. The SMILES string of the molecule is CCOc1cccc(C(NN)C2(OCC)CCOCC2)c1. The molecule has 1 unspecified atom stereocenters. The summed E-state index contributed by atoms with van der Waals surface area (Å²) < 4.78 is 17.2. The summed E-state index contributed by atoms with van der Waals surface area (Å²) in [6, 6.07) is 7.96. The van der Waals surface area contributed by atoms with Gasteiger partial charge in [-0.2, -0.15) is 0 Å². The zero-order chi connectivity index (χ0) is 15.1. The molecule has 5 nitrogen and oxygen atoms in total. The van der Waals surface area contributed by atoms with Crippen LogP contribution in [0.5, 0.6) is 5.75 Å². The summed E-state index contributed by atoms with van der Waals surface area (Å²) in [6.07, 6.45) is 1.66. The van der Waals surface area contributed by atoms with Gasteiger partial charge in [0.2, 0.25) is 0 Å². The highest BCUT2D eigenvalue weighted by Gasteiger charge is 2.41. The fourth-order valence-corrected chi connectivity index (χ4v) is 3.02. The Bertz CT molecular complexity index is 428. The van der Waals surface area contributed by atoms with Gasteiger partial charge in [0.15, 0.2) is 0 Å². The highest BCUT2D eigenvalue weighted by molar-refractivity contribution is 5.32. The van der Waals surface area contributed by atoms with Crippen molar-refractivity contribution in [3.63, 3.8) is 0 Å². The third kappa shape index (κ3) is 3.74. The normalized spacial score (nSPS) is 19.2. The molecule has 1 aromatic carbocycles. The molecule has 1 saturated heterocycles. The van der Waals surface area contributed by atoms with Crippen molar-refractivity contribution in [3.05, 3.63) is 29.8 Å². The van der Waals surface area contributed by atoms with Crippen LogP contribution in [0.4, 0.5) is 0 Å². The molecule has 1 heterocycles. The van der Waals surface area contributed by atoms with Gasteiger partial charge in [-0.3, -0.25) is 11.3 Å². The van der Waals surface area contributed by atoms with Crippen molar-refractivity contribution in [1.29, 1.82) is 0 Å². The quantitative estimate of drug-likeness (QED) is 0.596. The molecule has 1 fully saturated rings. The minimum atomic E-state index is -0.327. The van der Waals surface area contributed by atoms with Crippen molar-refractivity contribution in [2.45, 2.75) is 38.3 Å². The maximum Gasteiger partial charge on any atom is 0.119 e. The van der Waals surface area contributed by atoms with Crippen LogP contribution in [0.1, 0.15) is 38.3 Å². The Morgan fingerprint density at radius 3 is 2.67 bits per heavy atom. The molecule has 3 N–H and O–H groups in total. The van der Waals surface area contributed by atoms with Gasteiger partial charge in [-0.15, -0.1) is 0 Å². The van der Waals surface area contributed by atoms with Gasteiger partial charge in [0, 0.05) is 32.7 Å². The van der Waals surface area contributed by atoms with Crippen LogP contribution in [0.3, 0.4) is 0 Å². The Morgan fingerprint density at radius 2 is 2.05 bits per heavy atom. The van der Waals surface area contributed by atoms with Crippen LogP contribution in [0.15, 0.2) is 24.3 Å². The Kier molecular flexibility index (Phi) is 5.99. The Balaban J connectivity index is 2.29. The highest BCUT2D eigenvalue weighted by atomic mass is 16.5. The number of ether oxygens (including phenoxy) is 3. The van der Waals surface area contributed by atoms with E-state index in [1.54, 1.807) is 0 Å². The van der Waals surface area contributed by atoms with E-state index in [1.165, 1.54) is 0 Å². The standard InChI is InChI=1S/C16H26N2O3/c1-3-20-14-7-5-6-13(12-14)15(18-17)16(21-4-2)8-10-19-11-9-16/h5-7,12,15,18H,3-4,8-11,17H2,1-2H3. The van der Waals surface area contributed by atoms with Crippen molar-refractivity contribution in [1.82, 2.24) is 5.43 Å². The third-order valence-corrected chi connectivity index (χ3v) is 3.97. The topological polar surface area (TPSA) is 65.7 Å². The second-order valence-corrected chi connectivity index (χ2v) is 5.22. The molecule has 21 heavy (non-hydrogen) atoms. The first-order valence-electron chi connectivity index (χ1n) is 7.66. The van der Waals surface area contributed by atoms with Crippen molar-refractivity contribution in [2.24, 2.45) is 5.84 Å². The van der Waals surface area contributed by atoms with Crippen LogP contribution >= 0.6 is 0 Å². The second kappa shape index (κ2) is 7.75. The predicted molar refractivity (Wildman–Crippen MR) is 82.1 cm³/mol. The number of nitrogens with one attached hydrogen (secondary N) is 1. The van der Waals surface area contributed by atoms with E-state index in [9.17, 15) is 0 Å². The van der Waals surface area contributed by atoms with Gasteiger partial charge >= 0.3 is 0 Å². The zero-order valence-corrected chi connectivity index (χ0v) is 12.9. The van der Waals surface area contributed by atoms with E-state index >= 15 is 0 Å². The Labute approximate surface area is 126 Å². The lowest BCUT2D eigenvalue weighted by atomic mass is 9.82. The summed E-state index contributed by atoms with van der Waals surface area (Å²) in [6.45, 7) is 6.69. The van der Waals surface area contributed by atoms with Crippen molar-refractivity contribution in [2.75, 3.05) is 26.4 Å². The summed E-state index contributed by atoms with van der Waals surface area (Å²) in [5, 5.41) is 0. The summed E-state index contributed by atoms with van der Waals surface area (Å²) in [5.74, 6) is 6.72. The van der Waals surface area contributed by atoms with Crippen molar-refractivity contribution in [3.8, 4) is 5.75 Å². The molecule has 1 atom stereocenters. The number of rotatable bonds is 7. The number of nitrogens with two attached hydrogens (primary N) is 1. The van der Waals surface area contributed by atoms with Gasteiger partial charge in [0.1, 0.15) is 5.75 Å². The Morgan fingerprint density at radius 1 is 1.29 bits per heavy atom. The molecule has 0 spiro atoms. The molecule has 0 saturated carbocycles. The first kappa shape index (κ1) is 16.2. The number of hydrazine groups is 1. The molecule has 5 heteroatoms. The first-order valence-corrected chi connectivity index (χ1v) is 7.66. The Hall–Kier alpha value is -1.14. The minimum Gasteiger partial charge on any atom is -0.494 e. The van der Waals surface area contributed by atoms with Gasteiger partial charge in [-0.1, -0.05) is 12.1 Å². The summed E-state index contributed by atoms with van der Waals surface area (Å²) in [5.41, 5.74) is 3.70. The molecular formula is C16H26N2O3. The average molecular weight is 294 g/mol. The molecule has 0 radical (unpaired) electrons. The lowest BCUT2D eigenvalue weighted by Gasteiger charge is -2.43. The highest BCUT2D eigenvalue weighted by Crippen LogP contribution is 2.38. The molecule has 0 amide bonds. The minimum absolute atomic E-state index is 0.0817. The fraction of sp³-hybridized carbons (Fsp3) is 0.625. The van der Waals surface area contributed by atoms with E-state index in [4.69, 9.17) is 20.1 Å². The molecule has 1 aliphatic rings. The van der Waals surface area contributed by atoms with E-state index < -0.39 is 0 Å². The van der Waals surface area contributed by atoms with Gasteiger partial charge in [0.05, 0.1) is 18.2 Å². The predicted octanol–water partition coefficient (Wildman–Crippen LogP) is 2.18. The van der Waals surface area contributed by atoms with E-state index in [0.717, 1.165) is 24.2 Å².